The smallest absolute Gasteiger partial charge is 0.169 e. The molecule has 4 heterocycles. The maximum atomic E-state index is 12.7. The molecular formula is C43H47BrN2O9. The van der Waals surface area contributed by atoms with Crippen LogP contribution in [-0.4, -0.2) is 81.5 Å². The summed E-state index contributed by atoms with van der Waals surface area (Å²) in [6, 6.07) is 17.2. The largest absolute Gasteiger partial charge is 0.544 e. The Kier molecular flexibility index (Phi) is 10.3. The van der Waals surface area contributed by atoms with Crippen LogP contribution in [0.5, 0.6) is 40.2 Å². The molecule has 0 spiro atoms. The van der Waals surface area contributed by atoms with Gasteiger partial charge < -0.3 is 52.5 Å². The molecule has 55 heavy (non-hydrogen) atoms. The van der Waals surface area contributed by atoms with Crippen LogP contribution >= 0.6 is 15.9 Å². The molecule has 0 saturated carbocycles. The molecule has 12 heteroatoms. The molecule has 0 aromatic heterocycles. The minimum Gasteiger partial charge on any atom is -0.544 e. The van der Waals surface area contributed by atoms with Gasteiger partial charge in [0.1, 0.15) is 40.1 Å². The van der Waals surface area contributed by atoms with E-state index in [1.807, 2.05) is 74.8 Å². The third-order valence-corrected chi connectivity index (χ3v) is 13.5. The molecule has 6 atom stereocenters. The highest BCUT2D eigenvalue weighted by Gasteiger charge is 2.47. The van der Waals surface area contributed by atoms with Crippen molar-refractivity contribution in [3.63, 3.8) is 0 Å². The number of carbonyl (C=O) groups is 2. The first-order valence-electron chi connectivity index (χ1n) is 18.6. The van der Waals surface area contributed by atoms with Gasteiger partial charge in [-0.25, -0.2) is 0 Å². The summed E-state index contributed by atoms with van der Waals surface area (Å²) < 4.78 is 32.1. The highest BCUT2D eigenvalue weighted by molar-refractivity contribution is 9.10. The molecule has 8 rings (SSSR count). The van der Waals surface area contributed by atoms with Crippen LogP contribution in [0.1, 0.15) is 59.3 Å². The molecular weight excluding hydrogens is 768 g/mol. The summed E-state index contributed by atoms with van der Waals surface area (Å²) in [6.45, 7) is 4.53. The third kappa shape index (κ3) is 6.68. The van der Waals surface area contributed by atoms with Crippen LogP contribution in [0.25, 0.3) is 0 Å². The van der Waals surface area contributed by atoms with E-state index < -0.39 is 30.1 Å². The number of rotatable bonds is 7. The molecule has 4 aromatic carbocycles. The van der Waals surface area contributed by atoms with Crippen LogP contribution in [0.3, 0.4) is 0 Å². The van der Waals surface area contributed by atoms with Gasteiger partial charge in [0.15, 0.2) is 28.7 Å². The lowest BCUT2D eigenvalue weighted by molar-refractivity contribution is -0.956. The molecule has 0 amide bonds. The second kappa shape index (κ2) is 14.7. The maximum absolute atomic E-state index is 12.7. The number of quaternary nitrogens is 2. The van der Waals surface area contributed by atoms with Gasteiger partial charge in [-0.15, -0.1) is 0 Å². The van der Waals surface area contributed by atoms with E-state index in [9.17, 15) is 19.8 Å². The van der Waals surface area contributed by atoms with E-state index in [4.69, 9.17) is 23.7 Å². The molecule has 11 nitrogen and oxygen atoms in total. The summed E-state index contributed by atoms with van der Waals surface area (Å²) in [7, 11) is 8.75. The summed E-state index contributed by atoms with van der Waals surface area (Å²) in [6.07, 6.45) is 2.15. The average Bonchev–Trinajstić information content (AvgIpc) is 3.17. The summed E-state index contributed by atoms with van der Waals surface area (Å²) >= 11 is 3.83. The van der Waals surface area contributed by atoms with Gasteiger partial charge in [-0.05, 0) is 94.5 Å². The fourth-order valence-corrected chi connectivity index (χ4v) is 9.44. The monoisotopic (exact) mass is 814 g/mol. The predicted octanol–water partition coefficient (Wildman–Crippen LogP) is 5.22. The van der Waals surface area contributed by atoms with Crippen molar-refractivity contribution in [2.75, 3.05) is 48.5 Å². The number of ether oxygens (including phenoxy) is 5. The van der Waals surface area contributed by atoms with Gasteiger partial charge in [-0.3, -0.25) is 0 Å². The first kappa shape index (κ1) is 38.5. The van der Waals surface area contributed by atoms with Gasteiger partial charge in [0.05, 0.1) is 66.0 Å². The van der Waals surface area contributed by atoms with Gasteiger partial charge in [-0.1, -0.05) is 18.2 Å². The Hall–Kier alpha value is -4.78. The topological polar surface area (TPSA) is 126 Å². The zero-order valence-corrected chi connectivity index (χ0v) is 33.9. The molecule has 290 valence electrons. The number of carboxylic acid groups (broad SMARTS) is 2. The van der Waals surface area contributed by atoms with Crippen molar-refractivity contribution in [1.82, 2.24) is 0 Å². The van der Waals surface area contributed by atoms with E-state index in [0.29, 0.717) is 83.5 Å². The number of hydrogen-bond acceptors (Lipinski definition) is 9. The third-order valence-electron chi connectivity index (χ3n) is 12.7. The highest BCUT2D eigenvalue weighted by Crippen LogP contribution is 2.53. The average molecular weight is 816 g/mol. The molecule has 0 N–H and O–H groups in total. The van der Waals surface area contributed by atoms with E-state index in [1.165, 1.54) is 0 Å². The second-order valence-corrected chi connectivity index (χ2v) is 16.2. The Morgan fingerprint density at radius 3 is 1.87 bits per heavy atom. The van der Waals surface area contributed by atoms with Crippen LogP contribution in [0.2, 0.25) is 0 Å². The molecule has 0 saturated heterocycles. The zero-order chi connectivity index (χ0) is 39.4. The van der Waals surface area contributed by atoms with E-state index in [0.717, 1.165) is 33.4 Å². The van der Waals surface area contributed by atoms with E-state index in [2.05, 4.69) is 15.9 Å². The van der Waals surface area contributed by atoms with Crippen molar-refractivity contribution in [2.24, 2.45) is 0 Å². The number of likely N-dealkylation sites (N-methyl/N-ethyl adjacent to an activating group) is 2. The molecule has 4 aliphatic heterocycles. The van der Waals surface area contributed by atoms with Gasteiger partial charge in [-0.2, -0.15) is 0 Å². The number of fused-ring (bicyclic) bond motifs is 2. The molecule has 4 aliphatic rings. The van der Waals surface area contributed by atoms with Crippen molar-refractivity contribution < 1.29 is 52.5 Å². The van der Waals surface area contributed by atoms with Crippen molar-refractivity contribution in [3.05, 3.63) is 98.5 Å². The Labute approximate surface area is 330 Å². The van der Waals surface area contributed by atoms with E-state index >= 15 is 0 Å². The number of methoxy groups -OCH3 is 3. The summed E-state index contributed by atoms with van der Waals surface area (Å²) in [5.41, 5.74) is 5.73. The van der Waals surface area contributed by atoms with Crippen LogP contribution < -0.4 is 33.9 Å². The number of benzene rings is 4. The Balaban J connectivity index is 1.52. The Morgan fingerprint density at radius 2 is 1.25 bits per heavy atom. The predicted molar refractivity (Wildman–Crippen MR) is 205 cm³/mol. The number of nitrogens with zero attached hydrogens (tertiary/aromatic N) is 2. The Bertz CT molecular complexity index is 2160. The van der Waals surface area contributed by atoms with Crippen molar-refractivity contribution in [1.29, 1.82) is 0 Å². The lowest BCUT2D eigenvalue weighted by Crippen LogP contribution is -2.62. The SMILES string of the molecule is COc1ccc2cc1Oc1ccc(cc1)CC1c3cc(c(OC)cc3CC[N+]1(C)C(C)C(=O)[O-])Oc1c(Br)c(OC)cc3c1C(C2)[N+](C)(C(C)C(=O)[O-])CC3. The quantitative estimate of drug-likeness (QED) is 0.231. The van der Waals surface area contributed by atoms with Crippen LogP contribution in [0.15, 0.2) is 65.1 Å². The van der Waals surface area contributed by atoms with Gasteiger partial charge in [0.25, 0.3) is 0 Å². The van der Waals surface area contributed by atoms with E-state index in [1.54, 1.807) is 35.2 Å². The molecule has 0 aliphatic carbocycles. The molecule has 6 bridgehead atoms. The first-order chi connectivity index (χ1) is 26.2. The summed E-state index contributed by atoms with van der Waals surface area (Å²) in [5, 5.41) is 25.3. The molecule has 4 aromatic rings. The fraction of sp³-hybridized carbons (Fsp3) is 0.395. The molecule has 0 radical (unpaired) electrons. The fourth-order valence-electron chi connectivity index (χ4n) is 8.87. The van der Waals surface area contributed by atoms with Crippen molar-refractivity contribution >= 4 is 27.9 Å². The normalized spacial score (nSPS) is 23.8. The minimum absolute atomic E-state index is 0.147. The van der Waals surface area contributed by atoms with Gasteiger partial charge >= 0.3 is 0 Å². The number of hydrogen-bond donors (Lipinski definition) is 0. The standard InChI is InChI=1S/C43H47BrN2O9/c1-24(42(47)48)45(3)16-14-28-21-35(52-6)37-23-31(28)32(45)18-26-8-11-30(12-9-26)54-36-20-27(10-13-34(36)51-5)19-33-39-29(15-17-46(33,4)25(2)43(49)50)22-38(53-7)40(44)41(39)55-37/h8-13,20-25,32-33H,14-19H2,1-7H3. The molecule has 6 unspecified atom stereocenters. The number of aliphatic carboxylic acids is 2. The van der Waals surface area contributed by atoms with Crippen LogP contribution in [0.4, 0.5) is 0 Å². The van der Waals surface area contributed by atoms with Crippen LogP contribution in [-0.2, 0) is 35.3 Å². The van der Waals surface area contributed by atoms with Crippen molar-refractivity contribution in [2.45, 2.75) is 63.7 Å². The van der Waals surface area contributed by atoms with Crippen LogP contribution in [0, 0.1) is 0 Å². The van der Waals surface area contributed by atoms with Crippen molar-refractivity contribution in [3.8, 4) is 40.2 Å². The highest BCUT2D eigenvalue weighted by atomic mass is 79.9. The number of carbonyl (C=O) groups excluding carboxylic acids is 2. The summed E-state index contributed by atoms with van der Waals surface area (Å²) in [5.74, 6) is 1.45. The maximum Gasteiger partial charge on any atom is 0.169 e. The molecule has 0 fully saturated rings. The van der Waals surface area contributed by atoms with Gasteiger partial charge in [0.2, 0.25) is 0 Å². The van der Waals surface area contributed by atoms with E-state index in [-0.39, 0.29) is 15.0 Å². The lowest BCUT2D eigenvalue weighted by Gasteiger charge is -2.50. The Morgan fingerprint density at radius 1 is 0.709 bits per heavy atom. The zero-order valence-electron chi connectivity index (χ0n) is 32.3. The summed E-state index contributed by atoms with van der Waals surface area (Å²) in [4.78, 5) is 25.3. The number of halogens is 1. The lowest BCUT2D eigenvalue weighted by atomic mass is 9.84. The van der Waals surface area contributed by atoms with Gasteiger partial charge in [0, 0.05) is 31.2 Å². The minimum atomic E-state index is -1.14. The number of carboxylic acids is 2. The second-order valence-electron chi connectivity index (χ2n) is 15.4. The first-order valence-corrected chi connectivity index (χ1v) is 19.3.